The van der Waals surface area contributed by atoms with Gasteiger partial charge in [0, 0.05) is 58.9 Å². The SMILES string of the molecule is CN(C)c1nc2ccccc2n(CCC(=O)N2CCN(c3ccccc3)CC2)c1=O. The van der Waals surface area contributed by atoms with E-state index in [1.807, 2.05) is 47.4 Å². The second-order valence-electron chi connectivity index (χ2n) is 7.73. The summed E-state index contributed by atoms with van der Waals surface area (Å²) in [5.74, 6) is 0.472. The van der Waals surface area contributed by atoms with Crippen molar-refractivity contribution in [3.8, 4) is 0 Å². The lowest BCUT2D eigenvalue weighted by atomic mass is 10.2. The van der Waals surface area contributed by atoms with Crippen LogP contribution in [0.15, 0.2) is 59.4 Å². The first-order valence-corrected chi connectivity index (χ1v) is 10.3. The molecule has 0 spiro atoms. The van der Waals surface area contributed by atoms with E-state index in [0.717, 1.165) is 24.1 Å². The van der Waals surface area contributed by atoms with Gasteiger partial charge in [-0.1, -0.05) is 30.3 Å². The van der Waals surface area contributed by atoms with E-state index in [2.05, 4.69) is 22.0 Å². The lowest BCUT2D eigenvalue weighted by Crippen LogP contribution is -2.49. The number of carbonyl (C=O) groups excluding carboxylic acids is 1. The van der Waals surface area contributed by atoms with Crippen molar-refractivity contribution in [1.82, 2.24) is 14.5 Å². The van der Waals surface area contributed by atoms with Crippen molar-refractivity contribution in [2.24, 2.45) is 0 Å². The van der Waals surface area contributed by atoms with Crippen LogP contribution in [0.25, 0.3) is 11.0 Å². The van der Waals surface area contributed by atoms with Gasteiger partial charge in [0.05, 0.1) is 11.0 Å². The Balaban J connectivity index is 1.45. The number of aromatic nitrogens is 2. The molecule has 0 radical (unpaired) electrons. The van der Waals surface area contributed by atoms with Crippen LogP contribution in [0, 0.1) is 0 Å². The third kappa shape index (κ3) is 4.01. The molecule has 1 aliphatic heterocycles. The van der Waals surface area contributed by atoms with Crippen molar-refractivity contribution in [2.75, 3.05) is 50.1 Å². The van der Waals surface area contributed by atoms with Crippen molar-refractivity contribution in [3.05, 3.63) is 65.0 Å². The van der Waals surface area contributed by atoms with Crippen molar-refractivity contribution in [1.29, 1.82) is 0 Å². The quantitative estimate of drug-likeness (QED) is 0.651. The van der Waals surface area contributed by atoms with Gasteiger partial charge in [0.15, 0.2) is 5.82 Å². The zero-order valence-electron chi connectivity index (χ0n) is 17.5. The van der Waals surface area contributed by atoms with Crippen LogP contribution in [0.3, 0.4) is 0 Å². The Morgan fingerprint density at radius 3 is 2.33 bits per heavy atom. The van der Waals surface area contributed by atoms with Crippen LogP contribution < -0.4 is 15.4 Å². The summed E-state index contributed by atoms with van der Waals surface area (Å²) in [7, 11) is 3.61. The number of benzene rings is 2. The van der Waals surface area contributed by atoms with E-state index in [1.165, 1.54) is 5.69 Å². The highest BCUT2D eigenvalue weighted by Crippen LogP contribution is 2.17. The third-order valence-corrected chi connectivity index (χ3v) is 5.56. The number of piperazine rings is 1. The number of anilines is 2. The van der Waals surface area contributed by atoms with Gasteiger partial charge in [-0.2, -0.15) is 0 Å². The molecule has 2 heterocycles. The van der Waals surface area contributed by atoms with E-state index in [-0.39, 0.29) is 11.5 Å². The van der Waals surface area contributed by atoms with E-state index in [4.69, 9.17) is 0 Å². The first-order valence-electron chi connectivity index (χ1n) is 10.3. The predicted octanol–water partition coefficient (Wildman–Crippen LogP) is 2.20. The Labute approximate surface area is 176 Å². The Hall–Kier alpha value is -3.35. The highest BCUT2D eigenvalue weighted by atomic mass is 16.2. The molecule has 7 heteroatoms. The van der Waals surface area contributed by atoms with Gasteiger partial charge in [-0.3, -0.25) is 9.59 Å². The molecule has 1 aromatic heterocycles. The van der Waals surface area contributed by atoms with Gasteiger partial charge < -0.3 is 19.3 Å². The summed E-state index contributed by atoms with van der Waals surface area (Å²) >= 11 is 0. The molecule has 0 atom stereocenters. The molecule has 3 aromatic rings. The summed E-state index contributed by atoms with van der Waals surface area (Å²) in [5, 5.41) is 0. The molecule has 7 nitrogen and oxygen atoms in total. The fraction of sp³-hybridized carbons (Fsp3) is 0.348. The molecular formula is C23H27N5O2. The van der Waals surface area contributed by atoms with Crippen molar-refractivity contribution < 1.29 is 4.79 Å². The highest BCUT2D eigenvalue weighted by molar-refractivity contribution is 5.78. The van der Waals surface area contributed by atoms with Gasteiger partial charge in [0.25, 0.3) is 5.56 Å². The zero-order valence-corrected chi connectivity index (χ0v) is 17.5. The average molecular weight is 406 g/mol. The van der Waals surface area contributed by atoms with Crippen LogP contribution in [0.1, 0.15) is 6.42 Å². The lowest BCUT2D eigenvalue weighted by Gasteiger charge is -2.36. The minimum absolute atomic E-state index is 0.0851. The van der Waals surface area contributed by atoms with Crippen LogP contribution in [0.5, 0.6) is 0 Å². The van der Waals surface area contributed by atoms with Crippen LogP contribution in [-0.4, -0.2) is 60.6 Å². The van der Waals surface area contributed by atoms with Crippen LogP contribution in [0.4, 0.5) is 11.5 Å². The number of aryl methyl sites for hydroxylation is 1. The monoisotopic (exact) mass is 405 g/mol. The standard InChI is InChI=1S/C23H27N5O2/c1-25(2)22-23(30)28(20-11-7-6-10-19(20)24-22)13-12-21(29)27-16-14-26(15-17-27)18-8-4-3-5-9-18/h3-11H,12-17H2,1-2H3. The Bertz CT molecular complexity index is 1090. The number of hydrogen-bond donors (Lipinski definition) is 0. The Morgan fingerprint density at radius 1 is 0.967 bits per heavy atom. The van der Waals surface area contributed by atoms with E-state index in [0.29, 0.717) is 31.9 Å². The van der Waals surface area contributed by atoms with E-state index >= 15 is 0 Å². The molecule has 1 fully saturated rings. The first kappa shape index (κ1) is 19.9. The van der Waals surface area contributed by atoms with Crippen molar-refractivity contribution in [3.63, 3.8) is 0 Å². The lowest BCUT2D eigenvalue weighted by molar-refractivity contribution is -0.131. The summed E-state index contributed by atoms with van der Waals surface area (Å²) in [5.41, 5.74) is 2.54. The number of fused-ring (bicyclic) bond motifs is 1. The summed E-state index contributed by atoms with van der Waals surface area (Å²) in [6.45, 7) is 3.38. The second kappa shape index (κ2) is 8.57. The largest absolute Gasteiger partial charge is 0.368 e. The van der Waals surface area contributed by atoms with E-state index in [1.54, 1.807) is 23.6 Å². The fourth-order valence-corrected chi connectivity index (χ4v) is 3.91. The number of rotatable bonds is 5. The van der Waals surface area contributed by atoms with Crippen LogP contribution in [0.2, 0.25) is 0 Å². The maximum atomic E-state index is 12.9. The maximum Gasteiger partial charge on any atom is 0.293 e. The number of hydrogen-bond acceptors (Lipinski definition) is 5. The van der Waals surface area contributed by atoms with Crippen LogP contribution >= 0.6 is 0 Å². The molecule has 0 unspecified atom stereocenters. The smallest absolute Gasteiger partial charge is 0.293 e. The highest BCUT2D eigenvalue weighted by Gasteiger charge is 2.22. The van der Waals surface area contributed by atoms with Gasteiger partial charge in [-0.15, -0.1) is 0 Å². The van der Waals surface area contributed by atoms with E-state index in [9.17, 15) is 9.59 Å². The molecule has 156 valence electrons. The van der Waals surface area contributed by atoms with Gasteiger partial charge in [-0.05, 0) is 24.3 Å². The Morgan fingerprint density at radius 2 is 1.63 bits per heavy atom. The molecule has 1 amide bonds. The molecule has 0 bridgehead atoms. The predicted molar refractivity (Wildman–Crippen MR) is 120 cm³/mol. The molecule has 4 rings (SSSR count). The summed E-state index contributed by atoms with van der Waals surface area (Å²) in [4.78, 5) is 36.2. The molecule has 0 aliphatic carbocycles. The maximum absolute atomic E-state index is 12.9. The van der Waals surface area contributed by atoms with Gasteiger partial charge >= 0.3 is 0 Å². The fourth-order valence-electron chi connectivity index (χ4n) is 3.91. The molecule has 0 saturated carbocycles. The Kier molecular flexibility index (Phi) is 5.70. The summed E-state index contributed by atoms with van der Waals surface area (Å²) in [6.07, 6.45) is 0.298. The van der Waals surface area contributed by atoms with Crippen molar-refractivity contribution >= 4 is 28.4 Å². The molecule has 1 saturated heterocycles. The summed E-state index contributed by atoms with van der Waals surface area (Å²) in [6, 6.07) is 17.8. The number of nitrogens with zero attached hydrogens (tertiary/aromatic N) is 5. The zero-order chi connectivity index (χ0) is 21.1. The first-order chi connectivity index (χ1) is 14.5. The molecule has 1 aliphatic rings. The van der Waals surface area contributed by atoms with Gasteiger partial charge in [-0.25, -0.2) is 4.98 Å². The third-order valence-electron chi connectivity index (χ3n) is 5.56. The molecule has 2 aromatic carbocycles. The molecular weight excluding hydrogens is 378 g/mol. The molecule has 0 N–H and O–H groups in total. The minimum atomic E-state index is -0.166. The second-order valence-corrected chi connectivity index (χ2v) is 7.73. The number of para-hydroxylation sites is 3. The van der Waals surface area contributed by atoms with E-state index < -0.39 is 0 Å². The van der Waals surface area contributed by atoms with Crippen molar-refractivity contribution in [2.45, 2.75) is 13.0 Å². The normalized spacial score (nSPS) is 14.2. The number of carbonyl (C=O) groups is 1. The summed E-state index contributed by atoms with van der Waals surface area (Å²) < 4.78 is 1.68. The number of amides is 1. The average Bonchev–Trinajstić information content (AvgIpc) is 2.78. The van der Waals surface area contributed by atoms with Gasteiger partial charge in [0.1, 0.15) is 0 Å². The van der Waals surface area contributed by atoms with Crippen LogP contribution in [-0.2, 0) is 11.3 Å². The minimum Gasteiger partial charge on any atom is -0.368 e. The molecule has 30 heavy (non-hydrogen) atoms. The van der Waals surface area contributed by atoms with Gasteiger partial charge in [0.2, 0.25) is 5.91 Å². The topological polar surface area (TPSA) is 61.7 Å².